The fourth-order valence-electron chi connectivity index (χ4n) is 4.44. The van der Waals surface area contributed by atoms with Crippen LogP contribution in [0.3, 0.4) is 0 Å². The van der Waals surface area contributed by atoms with Crippen molar-refractivity contribution in [1.82, 2.24) is 20.0 Å². The van der Waals surface area contributed by atoms with Crippen LogP contribution in [-0.2, 0) is 25.0 Å². The first kappa shape index (κ1) is 15.9. The Balaban J connectivity index is 1.49. The lowest BCUT2D eigenvalue weighted by Gasteiger charge is -2.27. The summed E-state index contributed by atoms with van der Waals surface area (Å²) in [6.45, 7) is 9.76. The van der Waals surface area contributed by atoms with Crippen molar-refractivity contribution in [2.45, 2.75) is 45.3 Å². The molecule has 0 bridgehead atoms. The van der Waals surface area contributed by atoms with Crippen LogP contribution in [-0.4, -0.2) is 34.8 Å². The molecule has 2 aliphatic rings. The fraction of sp³-hybridized carbons (Fsp3) is 0.550. The molecule has 2 heterocycles. The quantitative estimate of drug-likeness (QED) is 0.918. The second kappa shape index (κ2) is 5.71. The zero-order chi connectivity index (χ0) is 16.8. The van der Waals surface area contributed by atoms with Gasteiger partial charge in [0.1, 0.15) is 0 Å². The maximum Gasteiger partial charge on any atom is 0.0768 e. The summed E-state index contributed by atoms with van der Waals surface area (Å²) in [6, 6.07) is 13.3. The SMILES string of the molecule is CN(Cc1cc2n(n1)CCNC2)C[C@]1(c2ccccc2)CC1(C)C. The molecule has 0 unspecified atom stereocenters. The van der Waals surface area contributed by atoms with Gasteiger partial charge in [0.25, 0.3) is 0 Å². The lowest BCUT2D eigenvalue weighted by atomic mass is 9.87. The van der Waals surface area contributed by atoms with Crippen molar-refractivity contribution in [3.05, 3.63) is 53.3 Å². The van der Waals surface area contributed by atoms with E-state index in [-0.39, 0.29) is 5.41 Å². The minimum atomic E-state index is 0.282. The Morgan fingerprint density at radius 3 is 2.67 bits per heavy atom. The predicted molar refractivity (Wildman–Crippen MR) is 96.8 cm³/mol. The lowest BCUT2D eigenvalue weighted by molar-refractivity contribution is 0.268. The lowest BCUT2D eigenvalue weighted by Crippen LogP contribution is -2.32. The highest BCUT2D eigenvalue weighted by Crippen LogP contribution is 2.64. The average Bonchev–Trinajstić information content (AvgIpc) is 2.91. The first-order valence-electron chi connectivity index (χ1n) is 9.01. The van der Waals surface area contributed by atoms with Crippen LogP contribution in [0.5, 0.6) is 0 Å². The average molecular weight is 324 g/mol. The molecule has 128 valence electrons. The molecule has 1 aromatic carbocycles. The van der Waals surface area contributed by atoms with Crippen LogP contribution in [0, 0.1) is 5.41 Å². The van der Waals surface area contributed by atoms with Crippen LogP contribution >= 0.6 is 0 Å². The van der Waals surface area contributed by atoms with E-state index in [9.17, 15) is 0 Å². The Bertz CT molecular complexity index is 695. The zero-order valence-electron chi connectivity index (χ0n) is 15.0. The summed E-state index contributed by atoms with van der Waals surface area (Å²) in [6.07, 6.45) is 1.26. The van der Waals surface area contributed by atoms with Gasteiger partial charge in [-0.3, -0.25) is 9.58 Å². The molecule has 1 atom stereocenters. The van der Waals surface area contributed by atoms with E-state index >= 15 is 0 Å². The second-order valence-electron chi connectivity index (χ2n) is 8.21. The van der Waals surface area contributed by atoms with Crippen molar-refractivity contribution in [2.75, 3.05) is 20.1 Å². The molecular formula is C20H28N4. The van der Waals surface area contributed by atoms with Gasteiger partial charge >= 0.3 is 0 Å². The second-order valence-corrected chi connectivity index (χ2v) is 8.21. The van der Waals surface area contributed by atoms with E-state index in [0.717, 1.165) is 32.7 Å². The number of rotatable bonds is 5. The number of hydrogen-bond acceptors (Lipinski definition) is 3. The van der Waals surface area contributed by atoms with Crippen molar-refractivity contribution in [1.29, 1.82) is 0 Å². The number of likely N-dealkylation sites (N-methyl/N-ethyl adjacent to an activating group) is 1. The number of fused-ring (bicyclic) bond motifs is 1. The van der Waals surface area contributed by atoms with Gasteiger partial charge in [0.2, 0.25) is 0 Å². The van der Waals surface area contributed by atoms with E-state index < -0.39 is 0 Å². The van der Waals surface area contributed by atoms with Gasteiger partial charge < -0.3 is 5.32 Å². The van der Waals surface area contributed by atoms with Gasteiger partial charge in [0.15, 0.2) is 0 Å². The summed E-state index contributed by atoms with van der Waals surface area (Å²) in [4.78, 5) is 2.45. The molecule has 0 saturated heterocycles. The Morgan fingerprint density at radius 2 is 2.00 bits per heavy atom. The van der Waals surface area contributed by atoms with E-state index in [0.29, 0.717) is 5.41 Å². The standard InChI is InChI=1S/C20H28N4/c1-19(2)14-20(19,16-7-5-4-6-8-16)15-23(3)13-17-11-18-12-21-9-10-24(18)22-17/h4-8,11,21H,9-10,12-15H2,1-3H3/t20-/m0/s1. The maximum atomic E-state index is 4.79. The molecule has 1 aromatic heterocycles. The molecular weight excluding hydrogens is 296 g/mol. The van der Waals surface area contributed by atoms with Gasteiger partial charge in [0.05, 0.1) is 17.9 Å². The Hall–Kier alpha value is -1.65. The topological polar surface area (TPSA) is 33.1 Å². The van der Waals surface area contributed by atoms with E-state index in [4.69, 9.17) is 5.10 Å². The molecule has 4 heteroatoms. The van der Waals surface area contributed by atoms with Crippen LogP contribution in [0.25, 0.3) is 0 Å². The van der Waals surface area contributed by atoms with Gasteiger partial charge in [0, 0.05) is 31.6 Å². The van der Waals surface area contributed by atoms with Crippen LogP contribution in [0.1, 0.15) is 37.2 Å². The molecule has 1 aliphatic carbocycles. The third-order valence-corrected chi connectivity index (χ3v) is 5.93. The predicted octanol–water partition coefficient (Wildman–Crippen LogP) is 2.79. The summed E-state index contributed by atoms with van der Waals surface area (Å²) in [7, 11) is 2.23. The first-order chi connectivity index (χ1) is 11.5. The smallest absolute Gasteiger partial charge is 0.0768 e. The highest BCUT2D eigenvalue weighted by atomic mass is 15.3. The molecule has 1 fully saturated rings. The molecule has 0 radical (unpaired) electrons. The number of nitrogens with zero attached hydrogens (tertiary/aromatic N) is 3. The van der Waals surface area contributed by atoms with Crippen molar-refractivity contribution in [2.24, 2.45) is 5.41 Å². The van der Waals surface area contributed by atoms with Crippen molar-refractivity contribution in [3.63, 3.8) is 0 Å². The molecule has 4 nitrogen and oxygen atoms in total. The van der Waals surface area contributed by atoms with E-state index in [2.05, 4.69) is 72.2 Å². The van der Waals surface area contributed by atoms with Crippen LogP contribution in [0.4, 0.5) is 0 Å². The summed E-state index contributed by atoms with van der Waals surface area (Å²) in [5.74, 6) is 0. The van der Waals surface area contributed by atoms with Crippen molar-refractivity contribution < 1.29 is 0 Å². The third kappa shape index (κ3) is 2.68. The van der Waals surface area contributed by atoms with Gasteiger partial charge in [-0.1, -0.05) is 44.2 Å². The van der Waals surface area contributed by atoms with Gasteiger partial charge in [-0.25, -0.2) is 0 Å². The molecule has 0 spiro atoms. The zero-order valence-corrected chi connectivity index (χ0v) is 15.0. The molecule has 2 aromatic rings. The molecule has 0 amide bonds. The summed E-state index contributed by atoms with van der Waals surface area (Å²) >= 11 is 0. The van der Waals surface area contributed by atoms with E-state index in [1.807, 2.05) is 0 Å². The van der Waals surface area contributed by atoms with Crippen molar-refractivity contribution >= 4 is 0 Å². The van der Waals surface area contributed by atoms with Gasteiger partial charge in [-0.15, -0.1) is 0 Å². The molecule has 24 heavy (non-hydrogen) atoms. The number of hydrogen-bond donors (Lipinski definition) is 1. The summed E-state index contributed by atoms with van der Waals surface area (Å²) in [5.41, 5.74) is 4.64. The van der Waals surface area contributed by atoms with Crippen LogP contribution in [0.2, 0.25) is 0 Å². The number of benzene rings is 1. The van der Waals surface area contributed by atoms with E-state index in [1.54, 1.807) is 0 Å². The highest BCUT2D eigenvalue weighted by Gasteiger charge is 2.61. The molecule has 1 saturated carbocycles. The van der Waals surface area contributed by atoms with Crippen LogP contribution < -0.4 is 5.32 Å². The minimum Gasteiger partial charge on any atom is -0.309 e. The van der Waals surface area contributed by atoms with Gasteiger partial charge in [-0.2, -0.15) is 5.10 Å². The molecule has 4 rings (SSSR count). The first-order valence-corrected chi connectivity index (χ1v) is 9.01. The molecule has 1 aliphatic heterocycles. The highest BCUT2D eigenvalue weighted by molar-refractivity contribution is 5.37. The number of aromatic nitrogens is 2. The van der Waals surface area contributed by atoms with Crippen molar-refractivity contribution in [3.8, 4) is 0 Å². The summed E-state index contributed by atoms with van der Waals surface area (Å²) < 4.78 is 2.16. The molecule has 1 N–H and O–H groups in total. The van der Waals surface area contributed by atoms with Crippen LogP contribution in [0.15, 0.2) is 36.4 Å². The third-order valence-electron chi connectivity index (χ3n) is 5.93. The fourth-order valence-corrected chi connectivity index (χ4v) is 4.44. The Morgan fingerprint density at radius 1 is 1.25 bits per heavy atom. The summed E-state index contributed by atoms with van der Waals surface area (Å²) in [5, 5.41) is 8.20. The Kier molecular flexibility index (Phi) is 3.77. The maximum absolute atomic E-state index is 4.79. The Labute approximate surface area is 144 Å². The largest absolute Gasteiger partial charge is 0.309 e. The van der Waals surface area contributed by atoms with E-state index in [1.165, 1.54) is 23.4 Å². The minimum absolute atomic E-state index is 0.282. The monoisotopic (exact) mass is 324 g/mol. The normalized spacial score (nSPS) is 24.8. The van der Waals surface area contributed by atoms with Gasteiger partial charge in [-0.05, 0) is 30.5 Å². The number of nitrogens with one attached hydrogen (secondary N) is 1.